The summed E-state index contributed by atoms with van der Waals surface area (Å²) in [6.45, 7) is 1.99. The summed E-state index contributed by atoms with van der Waals surface area (Å²) in [5.41, 5.74) is 1.87. The molecule has 2 heterocycles. The highest BCUT2D eigenvalue weighted by molar-refractivity contribution is 5.92. The zero-order chi connectivity index (χ0) is 17.8. The van der Waals surface area contributed by atoms with Crippen LogP contribution >= 0.6 is 0 Å². The number of halogens is 2. The SMILES string of the molecule is Cc1nc2cc(C(=O)O)ccc2n1Cc1cccc2c1OC(F)(F)O2. The Balaban J connectivity index is 1.77. The lowest BCUT2D eigenvalue weighted by Crippen LogP contribution is -2.26. The highest BCUT2D eigenvalue weighted by Gasteiger charge is 2.44. The van der Waals surface area contributed by atoms with Crippen molar-refractivity contribution in [2.75, 3.05) is 0 Å². The Bertz CT molecular complexity index is 1010. The van der Waals surface area contributed by atoms with Crippen LogP contribution in [-0.2, 0) is 6.54 Å². The number of ether oxygens (including phenoxy) is 2. The minimum atomic E-state index is -3.68. The molecule has 3 aromatic rings. The molecule has 1 N–H and O–H groups in total. The molecule has 0 unspecified atom stereocenters. The summed E-state index contributed by atoms with van der Waals surface area (Å²) in [4.78, 5) is 15.4. The van der Waals surface area contributed by atoms with Gasteiger partial charge in [-0.25, -0.2) is 9.78 Å². The van der Waals surface area contributed by atoms with E-state index in [1.807, 2.05) is 0 Å². The van der Waals surface area contributed by atoms with Gasteiger partial charge in [0.2, 0.25) is 0 Å². The Morgan fingerprint density at radius 1 is 1.28 bits per heavy atom. The van der Waals surface area contributed by atoms with E-state index in [-0.39, 0.29) is 23.6 Å². The fourth-order valence-corrected chi connectivity index (χ4v) is 2.90. The fraction of sp³-hybridized carbons (Fsp3) is 0.176. The Hall–Kier alpha value is -3.16. The summed E-state index contributed by atoms with van der Waals surface area (Å²) in [5, 5.41) is 9.07. The maximum Gasteiger partial charge on any atom is 0.586 e. The predicted octanol–water partition coefficient (Wildman–Crippen LogP) is 3.41. The first-order valence-electron chi connectivity index (χ1n) is 7.42. The molecule has 25 heavy (non-hydrogen) atoms. The van der Waals surface area contributed by atoms with Crippen LogP contribution in [0.1, 0.15) is 21.7 Å². The van der Waals surface area contributed by atoms with Gasteiger partial charge in [-0.2, -0.15) is 0 Å². The summed E-state index contributed by atoms with van der Waals surface area (Å²) in [5.74, 6) is -0.433. The van der Waals surface area contributed by atoms with Crippen molar-refractivity contribution in [3.8, 4) is 11.5 Å². The minimum Gasteiger partial charge on any atom is -0.478 e. The van der Waals surface area contributed by atoms with Gasteiger partial charge in [-0.3, -0.25) is 0 Å². The lowest BCUT2D eigenvalue weighted by Gasteiger charge is -2.10. The maximum atomic E-state index is 13.3. The van der Waals surface area contributed by atoms with Crippen LogP contribution in [0.4, 0.5) is 8.78 Å². The van der Waals surface area contributed by atoms with E-state index in [2.05, 4.69) is 14.5 Å². The predicted molar refractivity (Wildman–Crippen MR) is 83.2 cm³/mol. The summed E-state index contributed by atoms with van der Waals surface area (Å²) >= 11 is 0. The number of aromatic carboxylic acids is 1. The third-order valence-electron chi connectivity index (χ3n) is 4.02. The molecule has 0 saturated carbocycles. The van der Waals surface area contributed by atoms with E-state index < -0.39 is 12.3 Å². The van der Waals surface area contributed by atoms with Gasteiger partial charge in [-0.1, -0.05) is 12.1 Å². The van der Waals surface area contributed by atoms with Gasteiger partial charge in [0.1, 0.15) is 5.82 Å². The number of benzene rings is 2. The van der Waals surface area contributed by atoms with Gasteiger partial charge >= 0.3 is 12.3 Å². The van der Waals surface area contributed by atoms with E-state index in [0.29, 0.717) is 22.4 Å². The first-order valence-corrected chi connectivity index (χ1v) is 7.42. The molecule has 4 rings (SSSR count). The number of fused-ring (bicyclic) bond motifs is 2. The molecule has 2 aromatic carbocycles. The second kappa shape index (κ2) is 5.17. The van der Waals surface area contributed by atoms with E-state index in [1.165, 1.54) is 18.2 Å². The van der Waals surface area contributed by atoms with Crippen LogP contribution < -0.4 is 9.47 Å². The number of carboxylic acid groups (broad SMARTS) is 1. The van der Waals surface area contributed by atoms with Crippen LogP contribution in [0.25, 0.3) is 11.0 Å². The number of alkyl halides is 2. The lowest BCUT2D eigenvalue weighted by atomic mass is 10.1. The van der Waals surface area contributed by atoms with Crippen molar-refractivity contribution in [2.24, 2.45) is 0 Å². The first-order chi connectivity index (χ1) is 11.8. The number of nitrogens with zero attached hydrogens (tertiary/aromatic N) is 2. The second-order valence-corrected chi connectivity index (χ2v) is 5.67. The molecule has 1 aliphatic rings. The number of imidazole rings is 1. The quantitative estimate of drug-likeness (QED) is 0.787. The summed E-state index contributed by atoms with van der Waals surface area (Å²) in [6.07, 6.45) is -3.68. The van der Waals surface area contributed by atoms with Crippen molar-refractivity contribution in [1.29, 1.82) is 0 Å². The normalized spacial score (nSPS) is 14.8. The number of para-hydroxylation sites is 1. The number of carboxylic acids is 1. The molecule has 0 saturated heterocycles. The molecule has 0 aliphatic carbocycles. The number of hydrogen-bond acceptors (Lipinski definition) is 4. The third-order valence-corrected chi connectivity index (χ3v) is 4.02. The Morgan fingerprint density at radius 2 is 2.08 bits per heavy atom. The van der Waals surface area contributed by atoms with E-state index in [0.717, 1.165) is 0 Å². The molecule has 6 nitrogen and oxygen atoms in total. The molecular formula is C17H12F2N2O4. The number of carbonyl (C=O) groups is 1. The molecule has 0 radical (unpaired) electrons. The largest absolute Gasteiger partial charge is 0.586 e. The van der Waals surface area contributed by atoms with Gasteiger partial charge < -0.3 is 19.1 Å². The molecule has 128 valence electrons. The maximum absolute atomic E-state index is 13.3. The van der Waals surface area contributed by atoms with E-state index in [9.17, 15) is 13.6 Å². The van der Waals surface area contributed by atoms with E-state index in [1.54, 1.807) is 29.7 Å². The molecule has 0 amide bonds. The average Bonchev–Trinajstić information content (AvgIpc) is 3.02. The smallest absolute Gasteiger partial charge is 0.478 e. The minimum absolute atomic E-state index is 0.00379. The van der Waals surface area contributed by atoms with Crippen molar-refractivity contribution >= 4 is 17.0 Å². The van der Waals surface area contributed by atoms with Crippen molar-refractivity contribution in [1.82, 2.24) is 9.55 Å². The van der Waals surface area contributed by atoms with Gasteiger partial charge in [-0.05, 0) is 31.2 Å². The standard InChI is InChI=1S/C17H12F2N2O4/c1-9-20-12-7-10(16(22)23)5-6-13(12)21(9)8-11-3-2-4-14-15(11)25-17(18,19)24-14/h2-7H,8H2,1H3,(H,22,23). The highest BCUT2D eigenvalue weighted by atomic mass is 19.3. The molecule has 0 atom stereocenters. The van der Waals surface area contributed by atoms with Crippen molar-refractivity contribution in [3.63, 3.8) is 0 Å². The topological polar surface area (TPSA) is 73.6 Å². The Kier molecular flexibility index (Phi) is 3.18. The van der Waals surface area contributed by atoms with Crippen molar-refractivity contribution < 1.29 is 28.2 Å². The third kappa shape index (κ3) is 2.55. The number of hydrogen-bond donors (Lipinski definition) is 1. The van der Waals surface area contributed by atoms with Gasteiger partial charge in [0.25, 0.3) is 0 Å². The zero-order valence-electron chi connectivity index (χ0n) is 13.0. The number of rotatable bonds is 3. The molecule has 0 spiro atoms. The molecule has 1 aliphatic heterocycles. The first kappa shape index (κ1) is 15.4. The van der Waals surface area contributed by atoms with Crippen molar-refractivity contribution in [2.45, 2.75) is 19.8 Å². The van der Waals surface area contributed by atoms with Gasteiger partial charge in [0.05, 0.1) is 23.1 Å². The molecule has 0 fully saturated rings. The molecule has 0 bridgehead atoms. The van der Waals surface area contributed by atoms with Gasteiger partial charge in [0.15, 0.2) is 11.5 Å². The van der Waals surface area contributed by atoms with Gasteiger partial charge in [0, 0.05) is 5.56 Å². The number of aromatic nitrogens is 2. The van der Waals surface area contributed by atoms with Crippen LogP contribution in [0.3, 0.4) is 0 Å². The van der Waals surface area contributed by atoms with Crippen LogP contribution in [0.2, 0.25) is 0 Å². The monoisotopic (exact) mass is 346 g/mol. The van der Waals surface area contributed by atoms with Crippen LogP contribution in [0.15, 0.2) is 36.4 Å². The zero-order valence-corrected chi connectivity index (χ0v) is 13.0. The van der Waals surface area contributed by atoms with Crippen LogP contribution in [0.5, 0.6) is 11.5 Å². The summed E-state index contributed by atoms with van der Waals surface area (Å²) in [7, 11) is 0. The highest BCUT2D eigenvalue weighted by Crippen LogP contribution is 2.43. The Labute approximate surface area is 140 Å². The molecular weight excluding hydrogens is 334 g/mol. The second-order valence-electron chi connectivity index (χ2n) is 5.67. The van der Waals surface area contributed by atoms with E-state index >= 15 is 0 Å². The molecule has 1 aromatic heterocycles. The summed E-state index contributed by atoms with van der Waals surface area (Å²) < 4.78 is 37.5. The lowest BCUT2D eigenvalue weighted by molar-refractivity contribution is -0.286. The average molecular weight is 346 g/mol. The van der Waals surface area contributed by atoms with Crippen LogP contribution in [-0.4, -0.2) is 26.9 Å². The van der Waals surface area contributed by atoms with Gasteiger partial charge in [-0.15, -0.1) is 8.78 Å². The molecule has 8 heteroatoms. The van der Waals surface area contributed by atoms with E-state index in [4.69, 9.17) is 5.11 Å². The summed E-state index contributed by atoms with van der Waals surface area (Å²) in [6, 6.07) is 9.29. The fourth-order valence-electron chi connectivity index (χ4n) is 2.90. The Morgan fingerprint density at radius 3 is 2.84 bits per heavy atom. The van der Waals surface area contributed by atoms with Crippen LogP contribution in [0, 0.1) is 6.92 Å². The van der Waals surface area contributed by atoms with Crippen molar-refractivity contribution in [3.05, 3.63) is 53.3 Å². The number of aryl methyl sites for hydroxylation is 1.